The van der Waals surface area contributed by atoms with E-state index in [1.165, 1.54) is 28.8 Å². The van der Waals surface area contributed by atoms with Gasteiger partial charge in [-0.15, -0.1) is 0 Å². The van der Waals surface area contributed by atoms with Crippen molar-refractivity contribution in [3.05, 3.63) is 65.2 Å². The third-order valence-electron chi connectivity index (χ3n) is 4.87. The lowest BCUT2D eigenvalue weighted by Gasteiger charge is -2.44. The van der Waals surface area contributed by atoms with Crippen molar-refractivity contribution in [2.24, 2.45) is 5.92 Å². The van der Waals surface area contributed by atoms with Crippen LogP contribution < -0.4 is 5.32 Å². The second kappa shape index (κ2) is 5.19. The Labute approximate surface area is 126 Å². The lowest BCUT2D eigenvalue weighted by atomic mass is 9.77. The van der Waals surface area contributed by atoms with Gasteiger partial charge < -0.3 is 10.1 Å². The van der Waals surface area contributed by atoms with Crippen LogP contribution in [0.5, 0.6) is 0 Å². The van der Waals surface area contributed by atoms with Crippen molar-refractivity contribution in [2.45, 2.75) is 31.9 Å². The molecule has 3 atom stereocenters. The van der Waals surface area contributed by atoms with Crippen LogP contribution in [-0.2, 0) is 4.74 Å². The number of rotatable bonds is 1. The molecule has 2 heteroatoms. The van der Waals surface area contributed by atoms with Crippen molar-refractivity contribution in [1.82, 2.24) is 0 Å². The van der Waals surface area contributed by atoms with E-state index < -0.39 is 0 Å². The molecule has 0 aliphatic carbocycles. The molecule has 21 heavy (non-hydrogen) atoms. The molecular weight excluding hydrogens is 258 g/mol. The molecule has 0 bridgehead atoms. The zero-order valence-electron chi connectivity index (χ0n) is 12.4. The zero-order valence-corrected chi connectivity index (χ0v) is 12.4. The number of benzene rings is 2. The van der Waals surface area contributed by atoms with Gasteiger partial charge in [0.1, 0.15) is 0 Å². The van der Waals surface area contributed by atoms with Crippen LogP contribution in [0, 0.1) is 12.8 Å². The van der Waals surface area contributed by atoms with Crippen LogP contribution in [0.4, 0.5) is 5.69 Å². The van der Waals surface area contributed by atoms with Crippen LogP contribution in [0.1, 0.15) is 41.7 Å². The molecule has 1 saturated heterocycles. The Morgan fingerprint density at radius 1 is 1.05 bits per heavy atom. The van der Waals surface area contributed by atoms with Crippen molar-refractivity contribution in [1.29, 1.82) is 0 Å². The van der Waals surface area contributed by atoms with Gasteiger partial charge in [0.05, 0.1) is 12.1 Å². The molecule has 2 aromatic carbocycles. The first-order valence-corrected chi connectivity index (χ1v) is 7.87. The lowest BCUT2D eigenvalue weighted by Crippen LogP contribution is -2.36. The highest BCUT2D eigenvalue weighted by Gasteiger charge is 2.39. The molecule has 2 aliphatic heterocycles. The van der Waals surface area contributed by atoms with E-state index in [1.807, 2.05) is 0 Å². The summed E-state index contributed by atoms with van der Waals surface area (Å²) in [6.07, 6.45) is 2.62. The van der Waals surface area contributed by atoms with Gasteiger partial charge in [-0.3, -0.25) is 0 Å². The lowest BCUT2D eigenvalue weighted by molar-refractivity contribution is -0.0381. The quantitative estimate of drug-likeness (QED) is 0.821. The fourth-order valence-corrected chi connectivity index (χ4v) is 3.84. The highest BCUT2D eigenvalue weighted by Crippen LogP contribution is 2.49. The summed E-state index contributed by atoms with van der Waals surface area (Å²) >= 11 is 0. The maximum atomic E-state index is 6.18. The number of ether oxygens (including phenoxy) is 1. The maximum Gasteiger partial charge on any atom is 0.0895 e. The summed E-state index contributed by atoms with van der Waals surface area (Å²) in [4.78, 5) is 0. The van der Waals surface area contributed by atoms with E-state index in [4.69, 9.17) is 4.74 Å². The predicted octanol–water partition coefficient (Wildman–Crippen LogP) is 4.63. The maximum absolute atomic E-state index is 6.18. The minimum absolute atomic E-state index is 0.236. The molecule has 3 unspecified atom stereocenters. The molecule has 2 aliphatic rings. The molecule has 2 aromatic rings. The Morgan fingerprint density at radius 2 is 1.90 bits per heavy atom. The molecule has 0 saturated carbocycles. The van der Waals surface area contributed by atoms with Gasteiger partial charge in [0.25, 0.3) is 0 Å². The Morgan fingerprint density at radius 3 is 2.76 bits per heavy atom. The number of hydrogen-bond acceptors (Lipinski definition) is 2. The Balaban J connectivity index is 1.81. The number of anilines is 1. The van der Waals surface area contributed by atoms with Gasteiger partial charge in [-0.2, -0.15) is 0 Å². The average molecular weight is 279 g/mol. The molecule has 1 fully saturated rings. The van der Waals surface area contributed by atoms with Crippen LogP contribution in [0.2, 0.25) is 0 Å². The number of nitrogens with one attached hydrogen (secondary N) is 1. The van der Waals surface area contributed by atoms with Crippen molar-refractivity contribution in [2.75, 3.05) is 11.9 Å². The highest BCUT2D eigenvalue weighted by molar-refractivity contribution is 5.61. The summed E-state index contributed by atoms with van der Waals surface area (Å²) in [6.45, 7) is 3.06. The normalized spacial score (nSPS) is 27.4. The Kier molecular flexibility index (Phi) is 3.19. The minimum atomic E-state index is 0.236. The molecule has 0 radical (unpaired) electrons. The summed E-state index contributed by atoms with van der Waals surface area (Å²) in [5.74, 6) is 0.524. The first-order valence-electron chi connectivity index (χ1n) is 7.87. The van der Waals surface area contributed by atoms with E-state index in [0.29, 0.717) is 12.0 Å². The van der Waals surface area contributed by atoms with Crippen LogP contribution in [-0.4, -0.2) is 6.61 Å². The van der Waals surface area contributed by atoms with Gasteiger partial charge in [-0.05, 0) is 30.9 Å². The minimum Gasteiger partial charge on any atom is -0.377 e. The van der Waals surface area contributed by atoms with Crippen LogP contribution in [0.3, 0.4) is 0 Å². The van der Waals surface area contributed by atoms with E-state index in [0.717, 1.165) is 13.0 Å². The average Bonchev–Trinajstić information content (AvgIpc) is 2.55. The Hall–Kier alpha value is -1.80. The van der Waals surface area contributed by atoms with Crippen LogP contribution in [0.15, 0.2) is 48.5 Å². The van der Waals surface area contributed by atoms with Gasteiger partial charge in [0, 0.05) is 23.8 Å². The van der Waals surface area contributed by atoms with E-state index in [9.17, 15) is 0 Å². The van der Waals surface area contributed by atoms with Gasteiger partial charge in [0.15, 0.2) is 0 Å². The summed E-state index contributed by atoms with van der Waals surface area (Å²) < 4.78 is 6.18. The van der Waals surface area contributed by atoms with Crippen molar-refractivity contribution < 1.29 is 4.74 Å². The number of hydrogen-bond donors (Lipinski definition) is 1. The molecule has 4 rings (SSSR count). The SMILES string of the molecule is Cc1cccc2c1NC(c1ccccc1)C1CCCOC21. The number of fused-ring (bicyclic) bond motifs is 3. The smallest absolute Gasteiger partial charge is 0.0895 e. The predicted molar refractivity (Wildman–Crippen MR) is 85.4 cm³/mol. The van der Waals surface area contributed by atoms with E-state index in [1.54, 1.807) is 0 Å². The summed E-state index contributed by atoms with van der Waals surface area (Å²) in [5, 5.41) is 3.80. The first-order chi connectivity index (χ1) is 10.3. The summed E-state index contributed by atoms with van der Waals surface area (Å²) in [5.41, 5.74) is 5.29. The molecule has 108 valence electrons. The van der Waals surface area contributed by atoms with E-state index in [-0.39, 0.29) is 6.10 Å². The largest absolute Gasteiger partial charge is 0.377 e. The third-order valence-corrected chi connectivity index (χ3v) is 4.87. The topological polar surface area (TPSA) is 21.3 Å². The molecule has 0 aromatic heterocycles. The number of para-hydroxylation sites is 1. The van der Waals surface area contributed by atoms with Gasteiger partial charge in [0.2, 0.25) is 0 Å². The second-order valence-electron chi connectivity index (χ2n) is 6.17. The van der Waals surface area contributed by atoms with E-state index in [2.05, 4.69) is 60.8 Å². The second-order valence-corrected chi connectivity index (χ2v) is 6.17. The fourth-order valence-electron chi connectivity index (χ4n) is 3.84. The van der Waals surface area contributed by atoms with Gasteiger partial charge >= 0.3 is 0 Å². The van der Waals surface area contributed by atoms with Crippen molar-refractivity contribution >= 4 is 5.69 Å². The highest BCUT2D eigenvalue weighted by atomic mass is 16.5. The van der Waals surface area contributed by atoms with Crippen LogP contribution >= 0.6 is 0 Å². The summed E-state index contributed by atoms with van der Waals surface area (Å²) in [6, 6.07) is 17.7. The molecule has 1 N–H and O–H groups in total. The van der Waals surface area contributed by atoms with E-state index >= 15 is 0 Å². The molecule has 2 nitrogen and oxygen atoms in total. The summed E-state index contributed by atoms with van der Waals surface area (Å²) in [7, 11) is 0. The molecular formula is C19H21NO. The fraction of sp³-hybridized carbons (Fsp3) is 0.368. The van der Waals surface area contributed by atoms with Crippen molar-refractivity contribution in [3.8, 4) is 0 Å². The molecule has 0 amide bonds. The van der Waals surface area contributed by atoms with Crippen molar-refractivity contribution in [3.63, 3.8) is 0 Å². The molecule has 2 heterocycles. The van der Waals surface area contributed by atoms with Gasteiger partial charge in [-0.1, -0.05) is 48.5 Å². The third kappa shape index (κ3) is 2.14. The van der Waals surface area contributed by atoms with Crippen LogP contribution in [0.25, 0.3) is 0 Å². The monoisotopic (exact) mass is 279 g/mol. The number of aryl methyl sites for hydroxylation is 1. The zero-order chi connectivity index (χ0) is 14.2. The standard InChI is InChI=1S/C19H21NO/c1-13-7-5-10-15-17(13)20-18(14-8-3-2-4-9-14)16-11-6-12-21-19(15)16/h2-5,7-10,16,18-20H,6,11-12H2,1H3. The Bertz CT molecular complexity index is 637. The first kappa shape index (κ1) is 12.9. The van der Waals surface area contributed by atoms with Gasteiger partial charge in [-0.25, -0.2) is 0 Å². The molecule has 0 spiro atoms.